The van der Waals surface area contributed by atoms with E-state index >= 15 is 0 Å². The maximum atomic E-state index is 13.4. The second-order valence-corrected chi connectivity index (χ2v) is 9.50. The number of benzene rings is 2. The quantitative estimate of drug-likeness (QED) is 0.755. The summed E-state index contributed by atoms with van der Waals surface area (Å²) in [4.78, 5) is 5.45. The van der Waals surface area contributed by atoms with Crippen LogP contribution in [0.3, 0.4) is 0 Å². The average molecular weight is 426 g/mol. The number of sulfonamides is 1. The predicted octanol–water partition coefficient (Wildman–Crippen LogP) is 3.38. The number of fused-ring (bicyclic) bond motifs is 1. The van der Waals surface area contributed by atoms with Crippen molar-refractivity contribution in [3.63, 3.8) is 0 Å². The first-order chi connectivity index (χ1) is 13.7. The molecule has 2 atom stereocenters. The van der Waals surface area contributed by atoms with Crippen LogP contribution in [0.4, 0.5) is 13.2 Å². The average Bonchev–Trinajstić information content (AvgIpc) is 3.09. The van der Waals surface area contributed by atoms with Crippen LogP contribution in [0.25, 0.3) is 0 Å². The van der Waals surface area contributed by atoms with Gasteiger partial charge < -0.3 is 0 Å². The first kappa shape index (κ1) is 20.3. The summed E-state index contributed by atoms with van der Waals surface area (Å²) in [6, 6.07) is 11.6. The van der Waals surface area contributed by atoms with Crippen molar-refractivity contribution in [1.82, 2.24) is 9.37 Å². The van der Waals surface area contributed by atoms with Gasteiger partial charge in [0.05, 0.1) is 18.2 Å². The Morgan fingerprint density at radius 1 is 1.07 bits per heavy atom. The summed E-state index contributed by atoms with van der Waals surface area (Å²) in [6.07, 6.45) is -3.90. The predicted molar refractivity (Wildman–Crippen MR) is 101 cm³/mol. The molecule has 9 heteroatoms. The third-order valence-corrected chi connectivity index (χ3v) is 7.77. The number of hydrogen-bond acceptors (Lipinski definition) is 4. The Morgan fingerprint density at radius 2 is 1.79 bits per heavy atom. The Labute approximate surface area is 167 Å². The lowest BCUT2D eigenvalue weighted by Gasteiger charge is -2.32. The second kappa shape index (κ2) is 7.39. The molecule has 0 unspecified atom stereocenters. The summed E-state index contributed by atoms with van der Waals surface area (Å²) in [5.41, 5.74) is 1.53. The molecular weight excluding hydrogens is 405 g/mol. The van der Waals surface area contributed by atoms with Gasteiger partial charge in [-0.1, -0.05) is 36.4 Å². The van der Waals surface area contributed by atoms with E-state index in [4.69, 9.17) is 4.84 Å². The van der Waals surface area contributed by atoms with Gasteiger partial charge in [0, 0.05) is 20.1 Å². The fraction of sp³-hybridized carbons (Fsp3) is 0.400. The highest BCUT2D eigenvalue weighted by molar-refractivity contribution is 7.89. The lowest BCUT2D eigenvalue weighted by atomic mass is 10.0. The summed E-state index contributed by atoms with van der Waals surface area (Å²) in [7, 11) is -2.25. The first-order valence-electron chi connectivity index (χ1n) is 9.26. The normalized spacial score (nSPS) is 23.9. The van der Waals surface area contributed by atoms with Crippen molar-refractivity contribution in [3.8, 4) is 0 Å². The van der Waals surface area contributed by atoms with E-state index in [1.807, 2.05) is 24.3 Å². The number of hydroxylamine groups is 2. The summed E-state index contributed by atoms with van der Waals surface area (Å²) in [6.45, 7) is 0.501. The van der Waals surface area contributed by atoms with Crippen LogP contribution in [0, 0.1) is 0 Å². The van der Waals surface area contributed by atoms with Gasteiger partial charge in [-0.25, -0.2) is 8.42 Å². The van der Waals surface area contributed by atoms with Crippen LogP contribution in [0.1, 0.15) is 28.3 Å². The molecule has 2 aliphatic rings. The number of hydrogen-bond donors (Lipinski definition) is 0. The van der Waals surface area contributed by atoms with E-state index in [0.29, 0.717) is 13.0 Å². The molecule has 0 aromatic heterocycles. The van der Waals surface area contributed by atoms with Crippen molar-refractivity contribution >= 4 is 10.0 Å². The lowest BCUT2D eigenvalue weighted by Crippen LogP contribution is -2.44. The molecule has 2 heterocycles. The maximum Gasteiger partial charge on any atom is 0.416 e. The van der Waals surface area contributed by atoms with Crippen LogP contribution in [0.15, 0.2) is 48.5 Å². The third kappa shape index (κ3) is 3.79. The Morgan fingerprint density at radius 3 is 2.52 bits per heavy atom. The van der Waals surface area contributed by atoms with Gasteiger partial charge >= 0.3 is 6.18 Å². The van der Waals surface area contributed by atoms with Gasteiger partial charge in [0.1, 0.15) is 5.25 Å². The van der Waals surface area contributed by atoms with Crippen molar-refractivity contribution in [3.05, 3.63) is 70.8 Å². The molecule has 1 saturated heterocycles. The molecule has 0 saturated carbocycles. The van der Waals surface area contributed by atoms with Crippen LogP contribution in [0.5, 0.6) is 0 Å². The third-order valence-electron chi connectivity index (χ3n) is 5.58. The molecule has 5 nitrogen and oxygen atoms in total. The minimum absolute atomic E-state index is 0.0993. The van der Waals surface area contributed by atoms with Crippen molar-refractivity contribution in [2.75, 3.05) is 20.2 Å². The number of rotatable bonds is 3. The molecule has 0 amide bonds. The standard InChI is InChI=1S/C20H21F3N2O3S/c1-24-19(15-7-4-8-17(11-15)20(21,22)23)18(13-28-24)29(26,27)25-10-9-14-5-2-3-6-16(14)12-25/h2-8,11,18-19H,9-10,12-13H2,1H3/t18-,19+/m0/s1. The van der Waals surface area contributed by atoms with Crippen LogP contribution < -0.4 is 0 Å². The maximum absolute atomic E-state index is 13.4. The zero-order valence-electron chi connectivity index (χ0n) is 15.8. The van der Waals surface area contributed by atoms with E-state index in [2.05, 4.69) is 0 Å². The van der Waals surface area contributed by atoms with E-state index in [1.54, 1.807) is 7.05 Å². The largest absolute Gasteiger partial charge is 0.416 e. The van der Waals surface area contributed by atoms with Gasteiger partial charge in [0.2, 0.25) is 10.0 Å². The SMILES string of the molecule is CN1OC[C@H](S(=O)(=O)N2CCc3ccccc3C2)[C@H]1c1cccc(C(F)(F)F)c1. The van der Waals surface area contributed by atoms with Crippen LogP contribution in [0.2, 0.25) is 0 Å². The van der Waals surface area contributed by atoms with Crippen molar-refractivity contribution in [2.24, 2.45) is 0 Å². The van der Waals surface area contributed by atoms with Gasteiger partial charge in [0.25, 0.3) is 0 Å². The molecule has 0 spiro atoms. The van der Waals surface area contributed by atoms with Gasteiger partial charge in [-0.05, 0) is 35.2 Å². The number of halogens is 3. The highest BCUT2D eigenvalue weighted by Crippen LogP contribution is 2.38. The van der Waals surface area contributed by atoms with Crippen molar-refractivity contribution in [1.29, 1.82) is 0 Å². The Balaban J connectivity index is 1.65. The molecule has 29 heavy (non-hydrogen) atoms. The monoisotopic (exact) mass is 426 g/mol. The van der Waals surface area contributed by atoms with E-state index in [9.17, 15) is 21.6 Å². The molecule has 0 N–H and O–H groups in total. The molecule has 2 aromatic rings. The Hall–Kier alpha value is -1.94. The Bertz CT molecular complexity index is 1010. The van der Waals surface area contributed by atoms with Gasteiger partial charge in [-0.3, -0.25) is 4.84 Å². The molecule has 0 bridgehead atoms. The summed E-state index contributed by atoms with van der Waals surface area (Å²) < 4.78 is 67.7. The lowest BCUT2D eigenvalue weighted by molar-refractivity contribution is -0.138. The molecule has 0 radical (unpaired) electrons. The minimum Gasteiger partial charge on any atom is -0.297 e. The molecule has 2 aromatic carbocycles. The highest BCUT2D eigenvalue weighted by atomic mass is 32.2. The fourth-order valence-corrected chi connectivity index (χ4v) is 5.98. The molecule has 4 rings (SSSR count). The first-order valence-corrected chi connectivity index (χ1v) is 10.8. The molecule has 1 fully saturated rings. The van der Waals surface area contributed by atoms with E-state index < -0.39 is 33.1 Å². The zero-order valence-corrected chi connectivity index (χ0v) is 16.6. The fourth-order valence-electron chi connectivity index (χ4n) is 4.05. The Kier molecular flexibility index (Phi) is 5.18. The van der Waals surface area contributed by atoms with E-state index in [-0.39, 0.29) is 18.7 Å². The molecule has 156 valence electrons. The molecule has 0 aliphatic carbocycles. The topological polar surface area (TPSA) is 49.9 Å². The van der Waals surface area contributed by atoms with Gasteiger partial charge in [0.15, 0.2) is 0 Å². The minimum atomic E-state index is -4.50. The molecule has 2 aliphatic heterocycles. The van der Waals surface area contributed by atoms with Crippen molar-refractivity contribution in [2.45, 2.75) is 30.4 Å². The van der Waals surface area contributed by atoms with E-state index in [1.165, 1.54) is 21.5 Å². The highest BCUT2D eigenvalue weighted by Gasteiger charge is 2.46. The van der Waals surface area contributed by atoms with Gasteiger partial charge in [-0.15, -0.1) is 0 Å². The smallest absolute Gasteiger partial charge is 0.297 e. The summed E-state index contributed by atoms with van der Waals surface area (Å²) in [5.74, 6) is 0. The zero-order chi connectivity index (χ0) is 20.8. The summed E-state index contributed by atoms with van der Waals surface area (Å²) >= 11 is 0. The summed E-state index contributed by atoms with van der Waals surface area (Å²) in [5, 5.41) is 0.358. The number of alkyl halides is 3. The van der Waals surface area contributed by atoms with Crippen LogP contribution in [-0.2, 0) is 34.0 Å². The van der Waals surface area contributed by atoms with Crippen LogP contribution >= 0.6 is 0 Å². The van der Waals surface area contributed by atoms with Crippen molar-refractivity contribution < 1.29 is 26.4 Å². The second-order valence-electron chi connectivity index (χ2n) is 7.35. The van der Waals surface area contributed by atoms with Gasteiger partial charge in [-0.2, -0.15) is 22.5 Å². The number of nitrogens with zero attached hydrogens (tertiary/aromatic N) is 2. The van der Waals surface area contributed by atoms with E-state index in [0.717, 1.165) is 23.3 Å². The molecular formula is C20H21F3N2O3S. The van der Waals surface area contributed by atoms with Crippen LogP contribution in [-0.4, -0.2) is 43.2 Å².